The minimum absolute atomic E-state index is 0.220. The number of nitrogens with one attached hydrogen (secondary N) is 1. The molecule has 1 aromatic heterocycles. The van der Waals surface area contributed by atoms with E-state index in [1.54, 1.807) is 12.1 Å². The van der Waals surface area contributed by atoms with Crippen LogP contribution in [0.2, 0.25) is 5.15 Å². The number of halogens is 1. The van der Waals surface area contributed by atoms with Crippen LogP contribution < -0.4 is 14.8 Å². The summed E-state index contributed by atoms with van der Waals surface area (Å²) in [6, 6.07) is 11.0. The zero-order chi connectivity index (χ0) is 18.3. The molecule has 2 N–H and O–H groups in total. The summed E-state index contributed by atoms with van der Waals surface area (Å²) >= 11 is 5.69. The smallest absolute Gasteiger partial charge is 0.233 e. The van der Waals surface area contributed by atoms with Crippen LogP contribution in [-0.4, -0.2) is 46.7 Å². The third kappa shape index (κ3) is 6.86. The predicted molar refractivity (Wildman–Crippen MR) is 97.3 cm³/mol. The van der Waals surface area contributed by atoms with Crippen molar-refractivity contribution in [1.82, 2.24) is 15.5 Å². The van der Waals surface area contributed by atoms with Gasteiger partial charge in [0.15, 0.2) is 5.15 Å². The molecule has 0 amide bonds. The fourth-order valence-electron chi connectivity index (χ4n) is 2.04. The van der Waals surface area contributed by atoms with E-state index in [1.807, 2.05) is 45.0 Å². The second kappa shape index (κ2) is 8.99. The number of rotatable bonds is 9. The Morgan fingerprint density at radius 3 is 2.60 bits per heavy atom. The molecule has 1 heterocycles. The van der Waals surface area contributed by atoms with Crippen LogP contribution in [0.5, 0.6) is 11.6 Å². The zero-order valence-electron chi connectivity index (χ0n) is 14.7. The van der Waals surface area contributed by atoms with Gasteiger partial charge in [-0.1, -0.05) is 29.8 Å². The third-order valence-corrected chi connectivity index (χ3v) is 3.73. The lowest BCUT2D eigenvalue weighted by atomic mass is 10.1. The van der Waals surface area contributed by atoms with Crippen LogP contribution in [-0.2, 0) is 0 Å². The highest BCUT2D eigenvalue weighted by atomic mass is 35.5. The quantitative estimate of drug-likeness (QED) is 0.711. The Labute approximate surface area is 153 Å². The minimum Gasteiger partial charge on any atom is -0.491 e. The van der Waals surface area contributed by atoms with E-state index >= 15 is 0 Å². The van der Waals surface area contributed by atoms with Gasteiger partial charge in [-0.15, -0.1) is 10.2 Å². The van der Waals surface area contributed by atoms with Crippen molar-refractivity contribution in [3.63, 3.8) is 0 Å². The molecule has 0 spiro atoms. The number of aryl methyl sites for hydroxylation is 1. The van der Waals surface area contributed by atoms with Gasteiger partial charge in [-0.3, -0.25) is 0 Å². The lowest BCUT2D eigenvalue weighted by Gasteiger charge is -2.27. The summed E-state index contributed by atoms with van der Waals surface area (Å²) in [4.78, 5) is 0. The van der Waals surface area contributed by atoms with Crippen molar-refractivity contribution in [2.24, 2.45) is 0 Å². The Morgan fingerprint density at radius 2 is 1.92 bits per heavy atom. The summed E-state index contributed by atoms with van der Waals surface area (Å²) in [7, 11) is 0. The molecule has 2 rings (SSSR count). The fourth-order valence-corrected chi connectivity index (χ4v) is 2.14. The molecule has 1 unspecified atom stereocenters. The Kier molecular flexibility index (Phi) is 6.99. The number of aromatic nitrogens is 2. The van der Waals surface area contributed by atoms with Gasteiger partial charge in [0.2, 0.25) is 5.88 Å². The lowest BCUT2D eigenvalue weighted by Crippen LogP contribution is -2.48. The molecule has 0 aliphatic heterocycles. The summed E-state index contributed by atoms with van der Waals surface area (Å²) in [5.74, 6) is 1.19. The van der Waals surface area contributed by atoms with Crippen molar-refractivity contribution in [1.29, 1.82) is 0 Å². The van der Waals surface area contributed by atoms with Crippen LogP contribution >= 0.6 is 11.6 Å². The second-order valence-electron chi connectivity index (χ2n) is 6.48. The van der Waals surface area contributed by atoms with Crippen molar-refractivity contribution >= 4 is 11.6 Å². The molecule has 136 valence electrons. The second-order valence-corrected chi connectivity index (χ2v) is 6.87. The lowest BCUT2D eigenvalue weighted by molar-refractivity contribution is 0.0920. The van der Waals surface area contributed by atoms with Crippen LogP contribution in [0.1, 0.15) is 19.4 Å². The van der Waals surface area contributed by atoms with E-state index < -0.39 is 6.10 Å². The van der Waals surface area contributed by atoms with Gasteiger partial charge in [0, 0.05) is 18.2 Å². The largest absolute Gasteiger partial charge is 0.491 e. The van der Waals surface area contributed by atoms with E-state index in [2.05, 4.69) is 15.5 Å². The molecule has 0 aliphatic carbocycles. The van der Waals surface area contributed by atoms with Gasteiger partial charge in [-0.05, 0) is 38.5 Å². The Morgan fingerprint density at radius 1 is 1.16 bits per heavy atom. The molecule has 0 aliphatic rings. The van der Waals surface area contributed by atoms with Crippen LogP contribution in [0, 0.1) is 6.92 Å². The van der Waals surface area contributed by atoms with Crippen LogP contribution in [0.15, 0.2) is 36.4 Å². The molecule has 1 atom stereocenters. The summed E-state index contributed by atoms with van der Waals surface area (Å²) in [6.45, 7) is 6.90. The Balaban J connectivity index is 1.72. The number of para-hydroxylation sites is 1. The van der Waals surface area contributed by atoms with Crippen LogP contribution in [0.4, 0.5) is 0 Å². The average Bonchev–Trinajstić information content (AvgIpc) is 2.59. The standard InChI is InChI=1S/C18H24ClN3O3/c1-13-6-4-5-7-15(13)24-11-14(23)10-20-18(2,3)12-25-17-9-8-16(19)21-22-17/h4-9,14,20,23H,10-12H2,1-3H3. The number of hydrogen-bond acceptors (Lipinski definition) is 6. The summed E-state index contributed by atoms with van der Waals surface area (Å²) in [5.41, 5.74) is 0.686. The maximum atomic E-state index is 10.1. The topological polar surface area (TPSA) is 76.5 Å². The monoisotopic (exact) mass is 365 g/mol. The highest BCUT2D eigenvalue weighted by molar-refractivity contribution is 6.29. The molecule has 2 aromatic rings. The molecule has 0 fully saturated rings. The normalized spacial score (nSPS) is 12.7. The fraction of sp³-hybridized carbons (Fsp3) is 0.444. The molecular weight excluding hydrogens is 342 g/mol. The molecular formula is C18H24ClN3O3. The maximum absolute atomic E-state index is 10.1. The summed E-state index contributed by atoms with van der Waals surface area (Å²) < 4.78 is 11.2. The number of aliphatic hydroxyl groups is 1. The van der Waals surface area contributed by atoms with Gasteiger partial charge in [0.05, 0.1) is 0 Å². The van der Waals surface area contributed by atoms with E-state index in [0.717, 1.165) is 11.3 Å². The molecule has 25 heavy (non-hydrogen) atoms. The van der Waals surface area contributed by atoms with E-state index in [-0.39, 0.29) is 12.1 Å². The van der Waals surface area contributed by atoms with Crippen molar-refractivity contribution in [2.75, 3.05) is 19.8 Å². The maximum Gasteiger partial charge on any atom is 0.233 e. The van der Waals surface area contributed by atoms with Crippen molar-refractivity contribution in [3.05, 3.63) is 47.1 Å². The molecule has 0 radical (unpaired) electrons. The van der Waals surface area contributed by atoms with Crippen molar-refractivity contribution in [3.8, 4) is 11.6 Å². The number of hydrogen-bond donors (Lipinski definition) is 2. The van der Waals surface area contributed by atoms with E-state index in [0.29, 0.717) is 24.2 Å². The molecule has 6 nitrogen and oxygen atoms in total. The van der Waals surface area contributed by atoms with Crippen LogP contribution in [0.3, 0.4) is 0 Å². The molecule has 7 heteroatoms. The number of benzene rings is 1. The van der Waals surface area contributed by atoms with Gasteiger partial charge in [-0.2, -0.15) is 0 Å². The van der Waals surface area contributed by atoms with E-state index in [1.165, 1.54) is 0 Å². The van der Waals surface area contributed by atoms with Gasteiger partial charge in [0.25, 0.3) is 0 Å². The Hall–Kier alpha value is -1.89. The third-order valence-electron chi connectivity index (χ3n) is 3.53. The average molecular weight is 366 g/mol. The van der Waals surface area contributed by atoms with Gasteiger partial charge >= 0.3 is 0 Å². The van der Waals surface area contributed by atoms with Gasteiger partial charge < -0.3 is 19.9 Å². The van der Waals surface area contributed by atoms with E-state index in [9.17, 15) is 5.11 Å². The first-order chi connectivity index (χ1) is 11.9. The number of ether oxygens (including phenoxy) is 2. The van der Waals surface area contributed by atoms with Crippen molar-refractivity contribution < 1.29 is 14.6 Å². The number of nitrogens with zero attached hydrogens (tertiary/aromatic N) is 2. The molecule has 1 aromatic carbocycles. The molecule has 0 saturated carbocycles. The van der Waals surface area contributed by atoms with E-state index in [4.69, 9.17) is 21.1 Å². The first-order valence-corrected chi connectivity index (χ1v) is 8.47. The van der Waals surface area contributed by atoms with Gasteiger partial charge in [0.1, 0.15) is 25.1 Å². The van der Waals surface area contributed by atoms with Gasteiger partial charge in [-0.25, -0.2) is 0 Å². The minimum atomic E-state index is -0.630. The SMILES string of the molecule is Cc1ccccc1OCC(O)CNC(C)(C)COc1ccc(Cl)nn1. The number of aliphatic hydroxyl groups excluding tert-OH is 1. The summed E-state index contributed by atoms with van der Waals surface area (Å²) in [5, 5.41) is 21.3. The first kappa shape index (κ1) is 19.4. The predicted octanol–water partition coefficient (Wildman–Crippen LogP) is 2.63. The first-order valence-electron chi connectivity index (χ1n) is 8.09. The molecule has 0 bridgehead atoms. The highest BCUT2D eigenvalue weighted by Gasteiger charge is 2.20. The zero-order valence-corrected chi connectivity index (χ0v) is 15.5. The highest BCUT2D eigenvalue weighted by Crippen LogP contribution is 2.16. The molecule has 0 saturated heterocycles. The number of β-amino-alcohol motifs (C(OH)–C–C–N with tert-alkyl or cyclic N) is 1. The summed E-state index contributed by atoms with van der Waals surface area (Å²) in [6.07, 6.45) is -0.630. The Bertz CT molecular complexity index is 665. The van der Waals surface area contributed by atoms with Crippen molar-refractivity contribution in [2.45, 2.75) is 32.4 Å². The van der Waals surface area contributed by atoms with Crippen LogP contribution in [0.25, 0.3) is 0 Å².